The van der Waals surface area contributed by atoms with E-state index >= 15 is 0 Å². The van der Waals surface area contributed by atoms with E-state index in [9.17, 15) is 14.4 Å². The van der Waals surface area contributed by atoms with Gasteiger partial charge in [0, 0.05) is 23.2 Å². The smallest absolute Gasteiger partial charge is 0.430 e. The van der Waals surface area contributed by atoms with Crippen molar-refractivity contribution >= 4 is 29.5 Å². The summed E-state index contributed by atoms with van der Waals surface area (Å²) in [4.78, 5) is 40.1. The maximum atomic E-state index is 13.7. The normalized spacial score (nSPS) is 10.4. The number of methoxy groups -OCH3 is 1. The number of aryl methyl sites for hydroxylation is 2. The Morgan fingerprint density at radius 2 is 1.66 bits per heavy atom. The average Bonchev–Trinajstić information content (AvgIpc) is 2.75. The van der Waals surface area contributed by atoms with E-state index in [-0.39, 0.29) is 17.7 Å². The van der Waals surface area contributed by atoms with Crippen molar-refractivity contribution < 1.29 is 23.9 Å². The molecule has 0 aliphatic carbocycles. The molecule has 0 bridgehead atoms. The minimum absolute atomic E-state index is 0.109. The molecule has 0 radical (unpaired) electrons. The molecule has 0 heterocycles. The van der Waals surface area contributed by atoms with Crippen LogP contribution in [0.1, 0.15) is 57.2 Å². The van der Waals surface area contributed by atoms with Crippen molar-refractivity contribution in [3.8, 4) is 5.75 Å². The Morgan fingerprint density at radius 3 is 2.22 bits per heavy atom. The van der Waals surface area contributed by atoms with Crippen LogP contribution in [0.3, 0.4) is 0 Å². The van der Waals surface area contributed by atoms with Gasteiger partial charge in [-0.15, -0.1) is 0 Å². The van der Waals surface area contributed by atoms with Crippen LogP contribution in [-0.2, 0) is 4.74 Å². The zero-order valence-electron chi connectivity index (χ0n) is 19.1. The summed E-state index contributed by atoms with van der Waals surface area (Å²) in [6, 6.07) is 9.85. The third-order valence-corrected chi connectivity index (χ3v) is 5.05. The fourth-order valence-corrected chi connectivity index (χ4v) is 3.51. The Balaban J connectivity index is 2.65. The van der Waals surface area contributed by atoms with Crippen LogP contribution in [0.25, 0.3) is 0 Å². The van der Waals surface area contributed by atoms with Gasteiger partial charge in [0.25, 0.3) is 11.8 Å². The summed E-state index contributed by atoms with van der Waals surface area (Å²) in [5.74, 6) is -0.794. The van der Waals surface area contributed by atoms with Crippen molar-refractivity contribution in [2.45, 2.75) is 40.5 Å². The second-order valence-corrected chi connectivity index (χ2v) is 7.65. The topological polar surface area (TPSA) is 76.2 Å². The molecule has 0 saturated heterocycles. The molecule has 0 N–H and O–H groups in total. The van der Waals surface area contributed by atoms with Crippen molar-refractivity contribution in [3.05, 3.63) is 64.2 Å². The SMILES string of the molecule is CCCCN(C(=O)OCCl)N(C(=O)c1cc(C)cc(C)c1)C(=O)c1cccc(OC)c1C. The highest BCUT2D eigenvalue weighted by atomic mass is 35.5. The maximum Gasteiger partial charge on any atom is 0.430 e. The molecule has 2 aromatic carbocycles. The van der Waals surface area contributed by atoms with Crippen LogP contribution in [0.2, 0.25) is 0 Å². The summed E-state index contributed by atoms with van der Waals surface area (Å²) in [5, 5.41) is 1.87. The second kappa shape index (κ2) is 11.5. The Kier molecular flexibility index (Phi) is 9.08. The molecule has 0 saturated carbocycles. The number of hydrazine groups is 1. The van der Waals surface area contributed by atoms with Gasteiger partial charge in [-0.25, -0.2) is 9.80 Å². The van der Waals surface area contributed by atoms with E-state index in [0.29, 0.717) is 17.7 Å². The minimum atomic E-state index is -0.875. The number of hydrogen-bond donors (Lipinski definition) is 0. The first-order chi connectivity index (χ1) is 15.2. The zero-order chi connectivity index (χ0) is 23.8. The van der Waals surface area contributed by atoms with Crippen molar-refractivity contribution in [1.82, 2.24) is 10.0 Å². The van der Waals surface area contributed by atoms with E-state index in [4.69, 9.17) is 21.1 Å². The predicted molar refractivity (Wildman–Crippen MR) is 123 cm³/mol. The number of ether oxygens (including phenoxy) is 2. The van der Waals surface area contributed by atoms with E-state index in [1.165, 1.54) is 7.11 Å². The predicted octanol–water partition coefficient (Wildman–Crippen LogP) is 5.25. The van der Waals surface area contributed by atoms with Crippen LogP contribution >= 0.6 is 11.6 Å². The molecule has 0 spiro atoms. The Labute approximate surface area is 193 Å². The number of benzene rings is 2. The van der Waals surface area contributed by atoms with Gasteiger partial charge in [-0.2, -0.15) is 5.01 Å². The summed E-state index contributed by atoms with van der Waals surface area (Å²) in [6.45, 7) is 7.49. The average molecular weight is 461 g/mol. The summed E-state index contributed by atoms with van der Waals surface area (Å²) >= 11 is 5.60. The third kappa shape index (κ3) is 5.79. The number of amides is 3. The minimum Gasteiger partial charge on any atom is -0.496 e. The lowest BCUT2D eigenvalue weighted by Gasteiger charge is -2.32. The highest BCUT2D eigenvalue weighted by Gasteiger charge is 2.35. The van der Waals surface area contributed by atoms with Crippen LogP contribution < -0.4 is 4.74 Å². The summed E-state index contributed by atoms with van der Waals surface area (Å²) in [5.41, 5.74) is 2.81. The lowest BCUT2D eigenvalue weighted by Crippen LogP contribution is -2.53. The highest BCUT2D eigenvalue weighted by Crippen LogP contribution is 2.24. The van der Waals surface area contributed by atoms with Gasteiger partial charge in [0.1, 0.15) is 5.75 Å². The lowest BCUT2D eigenvalue weighted by molar-refractivity contribution is -0.00323. The quantitative estimate of drug-likeness (QED) is 0.320. The van der Waals surface area contributed by atoms with E-state index in [1.807, 2.05) is 26.8 Å². The molecule has 0 unspecified atom stereocenters. The lowest BCUT2D eigenvalue weighted by atomic mass is 10.0. The van der Waals surface area contributed by atoms with Gasteiger partial charge in [0.05, 0.1) is 7.11 Å². The van der Waals surface area contributed by atoms with Gasteiger partial charge in [-0.3, -0.25) is 9.59 Å². The second-order valence-electron chi connectivity index (χ2n) is 7.43. The standard InChI is InChI=1S/C24H29ClN2O5/c1-6-7-11-26(24(30)32-15-25)27(22(28)19-13-16(2)12-17(3)14-19)23(29)20-9-8-10-21(31-5)18(20)4/h8-10,12-14H,6-7,11,15H2,1-5H3. The van der Waals surface area contributed by atoms with E-state index in [1.54, 1.807) is 37.3 Å². The number of carbonyl (C=O) groups is 3. The first-order valence-electron chi connectivity index (χ1n) is 10.4. The van der Waals surface area contributed by atoms with Crippen LogP contribution in [0.5, 0.6) is 5.75 Å². The van der Waals surface area contributed by atoms with Crippen LogP contribution in [-0.4, -0.2) is 47.6 Å². The molecular formula is C24H29ClN2O5. The van der Waals surface area contributed by atoms with Crippen LogP contribution in [0.4, 0.5) is 4.79 Å². The summed E-state index contributed by atoms with van der Waals surface area (Å²) in [7, 11) is 1.50. The Bertz CT molecular complexity index is 972. The number of hydrogen-bond acceptors (Lipinski definition) is 5. The fourth-order valence-electron chi connectivity index (χ4n) is 3.42. The number of carbonyl (C=O) groups excluding carboxylic acids is 3. The van der Waals surface area contributed by atoms with E-state index in [0.717, 1.165) is 27.6 Å². The monoisotopic (exact) mass is 460 g/mol. The van der Waals surface area contributed by atoms with Crippen molar-refractivity contribution in [1.29, 1.82) is 0 Å². The van der Waals surface area contributed by atoms with Crippen molar-refractivity contribution in [3.63, 3.8) is 0 Å². The molecule has 0 fully saturated rings. The Hall–Kier alpha value is -3.06. The van der Waals surface area contributed by atoms with Gasteiger partial charge < -0.3 is 9.47 Å². The largest absolute Gasteiger partial charge is 0.496 e. The molecule has 7 nitrogen and oxygen atoms in total. The number of unbranched alkanes of at least 4 members (excludes halogenated alkanes) is 1. The fraction of sp³-hybridized carbons (Fsp3) is 0.375. The van der Waals surface area contributed by atoms with Crippen LogP contribution in [0, 0.1) is 20.8 Å². The van der Waals surface area contributed by atoms with Gasteiger partial charge in [0.15, 0.2) is 6.07 Å². The highest BCUT2D eigenvalue weighted by molar-refractivity contribution is 6.17. The van der Waals surface area contributed by atoms with Gasteiger partial charge in [-0.05, 0) is 51.5 Å². The first-order valence-corrected chi connectivity index (χ1v) is 10.9. The van der Waals surface area contributed by atoms with Gasteiger partial charge >= 0.3 is 6.09 Å². The maximum absolute atomic E-state index is 13.7. The van der Waals surface area contributed by atoms with Gasteiger partial charge in [0.2, 0.25) is 0 Å². The summed E-state index contributed by atoms with van der Waals surface area (Å²) in [6.07, 6.45) is 0.418. The number of nitrogens with zero attached hydrogens (tertiary/aromatic N) is 2. The molecule has 0 atom stereocenters. The van der Waals surface area contributed by atoms with E-state index in [2.05, 4.69) is 0 Å². The number of halogens is 1. The molecular weight excluding hydrogens is 432 g/mol. The number of alkyl halides is 1. The molecule has 0 aliphatic rings. The van der Waals surface area contributed by atoms with Crippen molar-refractivity contribution in [2.24, 2.45) is 0 Å². The molecule has 0 aliphatic heterocycles. The Morgan fingerprint density at radius 1 is 1.00 bits per heavy atom. The van der Waals surface area contributed by atoms with Crippen LogP contribution in [0.15, 0.2) is 36.4 Å². The molecule has 2 rings (SSSR count). The molecule has 172 valence electrons. The van der Waals surface area contributed by atoms with Crippen molar-refractivity contribution in [2.75, 3.05) is 19.7 Å². The van der Waals surface area contributed by atoms with E-state index < -0.39 is 24.0 Å². The summed E-state index contributed by atoms with van der Waals surface area (Å²) < 4.78 is 10.3. The first kappa shape index (κ1) is 25.2. The molecule has 2 aromatic rings. The molecule has 0 aromatic heterocycles. The molecule has 32 heavy (non-hydrogen) atoms. The molecule has 3 amide bonds. The van der Waals surface area contributed by atoms with Gasteiger partial charge in [-0.1, -0.05) is 48.2 Å². The molecule has 8 heteroatoms. The number of rotatable bonds is 7. The third-order valence-electron chi connectivity index (χ3n) is 4.94. The zero-order valence-corrected chi connectivity index (χ0v) is 19.9. The number of imide groups is 1.